The molecule has 15 heteroatoms. The molecule has 0 saturated carbocycles. The third kappa shape index (κ3) is 5.82. The average Bonchev–Trinajstić information content (AvgIpc) is 3.49. The Labute approximate surface area is 249 Å². The largest absolute Gasteiger partial charge is 0.417 e. The summed E-state index contributed by atoms with van der Waals surface area (Å²) in [6, 6.07) is 18.0. The number of morpholine rings is 1. The van der Waals surface area contributed by atoms with Gasteiger partial charge in [0.2, 0.25) is 12.2 Å². The number of hydroxylamine groups is 1. The first-order chi connectivity index (χ1) is 21.2. The second kappa shape index (κ2) is 11.8. The van der Waals surface area contributed by atoms with E-state index in [1.807, 2.05) is 47.4 Å². The molecule has 1 unspecified atom stereocenters. The molecule has 0 aliphatic carbocycles. The molecule has 4 N–H and O–H groups in total. The molecule has 2 aliphatic rings. The number of anilines is 2. The number of hydrogen-bond donors (Lipinski definition) is 4. The Morgan fingerprint density at radius 3 is 2.43 bits per heavy atom. The van der Waals surface area contributed by atoms with E-state index < -0.39 is 29.9 Å². The van der Waals surface area contributed by atoms with Crippen LogP contribution in [-0.4, -0.2) is 70.2 Å². The molecule has 0 amide bonds. The van der Waals surface area contributed by atoms with E-state index >= 15 is 0 Å². The predicted molar refractivity (Wildman–Crippen MR) is 155 cm³/mol. The van der Waals surface area contributed by atoms with Crippen molar-refractivity contribution in [3.05, 3.63) is 101 Å². The summed E-state index contributed by atoms with van der Waals surface area (Å²) in [6.07, 6.45) is -3.59. The molecule has 6 rings (SSSR count). The van der Waals surface area contributed by atoms with Gasteiger partial charge in [0.15, 0.2) is 11.6 Å². The number of pyridine rings is 1. The fraction of sp³-hybridized carbons (Fsp3) is 0.207. The fourth-order valence-corrected chi connectivity index (χ4v) is 4.82. The van der Waals surface area contributed by atoms with Crippen LogP contribution in [0.2, 0.25) is 0 Å². The van der Waals surface area contributed by atoms with Gasteiger partial charge in [-0.1, -0.05) is 48.5 Å². The number of ether oxygens (including phenoxy) is 2. The number of nitrogens with one attached hydrogen (secondary N) is 3. The molecule has 2 aliphatic heterocycles. The van der Waals surface area contributed by atoms with Gasteiger partial charge in [0.25, 0.3) is 6.02 Å². The van der Waals surface area contributed by atoms with Crippen molar-refractivity contribution in [2.24, 2.45) is 4.99 Å². The molecule has 2 aromatic heterocycles. The van der Waals surface area contributed by atoms with Gasteiger partial charge in [-0.05, 0) is 18.2 Å². The Hall–Kier alpha value is -5.28. The lowest BCUT2D eigenvalue weighted by atomic mass is 9.99. The van der Waals surface area contributed by atoms with E-state index in [9.17, 15) is 18.4 Å². The Bertz CT molecular complexity index is 1700. The van der Waals surface area contributed by atoms with Crippen molar-refractivity contribution in [3.63, 3.8) is 0 Å². The van der Waals surface area contributed by atoms with Gasteiger partial charge >= 0.3 is 6.18 Å². The minimum Gasteiger partial charge on any atom is -0.407 e. The average molecular weight is 606 g/mol. The molecule has 0 spiro atoms. The number of benzene rings is 2. The van der Waals surface area contributed by atoms with Crippen LogP contribution in [0.25, 0.3) is 5.82 Å². The minimum absolute atomic E-state index is 0.0966. The number of aliphatic imine (C=N–C) groups is 1. The van der Waals surface area contributed by atoms with Gasteiger partial charge in [0.05, 0.1) is 35.7 Å². The summed E-state index contributed by atoms with van der Waals surface area (Å²) >= 11 is 0. The first-order valence-corrected chi connectivity index (χ1v) is 13.5. The fourth-order valence-electron chi connectivity index (χ4n) is 4.82. The monoisotopic (exact) mass is 605 g/mol. The molecule has 0 bridgehead atoms. The van der Waals surface area contributed by atoms with Crippen LogP contribution in [-0.2, 0) is 15.7 Å². The predicted octanol–water partition coefficient (Wildman–Crippen LogP) is 4.02. The van der Waals surface area contributed by atoms with Crippen LogP contribution < -0.4 is 15.3 Å². The van der Waals surface area contributed by atoms with Crippen molar-refractivity contribution < 1.29 is 27.9 Å². The van der Waals surface area contributed by atoms with Crippen LogP contribution >= 0.6 is 0 Å². The Kier molecular flexibility index (Phi) is 7.71. The van der Waals surface area contributed by atoms with E-state index in [-0.39, 0.29) is 11.4 Å². The summed E-state index contributed by atoms with van der Waals surface area (Å²) in [6.45, 7) is 1.72. The first-order valence-electron chi connectivity index (χ1n) is 13.5. The number of amidine groups is 1. The lowest BCUT2D eigenvalue weighted by molar-refractivity contribution is -0.137. The van der Waals surface area contributed by atoms with Gasteiger partial charge in [-0.2, -0.15) is 13.2 Å². The quantitative estimate of drug-likeness (QED) is 0.197. The first kappa shape index (κ1) is 28.8. The van der Waals surface area contributed by atoms with Gasteiger partial charge in [-0.25, -0.2) is 19.7 Å². The van der Waals surface area contributed by atoms with Crippen molar-refractivity contribution >= 4 is 29.1 Å². The van der Waals surface area contributed by atoms with Crippen LogP contribution in [0, 0.1) is 10.8 Å². The summed E-state index contributed by atoms with van der Waals surface area (Å²) in [5.74, 6) is -0.0537. The summed E-state index contributed by atoms with van der Waals surface area (Å²) in [5, 5.41) is 36.1. The molecule has 4 aromatic rings. The zero-order chi connectivity index (χ0) is 30.8. The molecule has 12 nitrogen and oxygen atoms in total. The standard InChI is InChI=1S/C29H26F3N9O3/c30-29(31,32)19-10-11-23(35-16-19)40-17-21(26(38-40)39-12-14-43-15-13-39)25(33)44-27(34)37-28-36-24(18-6-2-1-3-7-18)20-8-4-5-9-22(20)41(28)42/h1-11,16-17,28,33,42H,12-15H2,(H2,34,37). The number of hydrogen-bond acceptors (Lipinski definition) is 10. The number of nitrogens with zero attached hydrogens (tertiary/aromatic N) is 6. The maximum absolute atomic E-state index is 13.1. The second-order valence-electron chi connectivity index (χ2n) is 9.80. The molecule has 1 fully saturated rings. The van der Waals surface area contributed by atoms with Crippen LogP contribution in [0.3, 0.4) is 0 Å². The van der Waals surface area contributed by atoms with Crippen LogP contribution in [0.5, 0.6) is 0 Å². The van der Waals surface area contributed by atoms with E-state index in [0.717, 1.165) is 16.7 Å². The van der Waals surface area contributed by atoms with Gasteiger partial charge in [-0.15, -0.1) is 5.10 Å². The lowest BCUT2D eigenvalue weighted by Crippen LogP contribution is -2.49. The number of aromatic nitrogens is 3. The normalized spacial score (nSPS) is 16.6. The molecule has 226 valence electrons. The van der Waals surface area contributed by atoms with Crippen molar-refractivity contribution in [1.82, 2.24) is 20.1 Å². The van der Waals surface area contributed by atoms with E-state index in [2.05, 4.69) is 20.4 Å². The van der Waals surface area contributed by atoms with E-state index in [4.69, 9.17) is 20.3 Å². The smallest absolute Gasteiger partial charge is 0.407 e. The van der Waals surface area contributed by atoms with Crippen LogP contribution in [0.15, 0.2) is 84.1 Å². The summed E-state index contributed by atoms with van der Waals surface area (Å²) in [4.78, 5) is 10.4. The highest BCUT2D eigenvalue weighted by Gasteiger charge is 2.32. The molecule has 44 heavy (non-hydrogen) atoms. The Morgan fingerprint density at radius 2 is 1.73 bits per heavy atom. The number of fused-ring (bicyclic) bond motifs is 1. The molecule has 1 atom stereocenters. The topological polar surface area (TPSA) is 148 Å². The highest BCUT2D eigenvalue weighted by atomic mass is 19.4. The van der Waals surface area contributed by atoms with Crippen LogP contribution in [0.4, 0.5) is 24.7 Å². The minimum atomic E-state index is -4.54. The molecule has 1 saturated heterocycles. The summed E-state index contributed by atoms with van der Waals surface area (Å²) in [5.41, 5.74) is 1.81. The molecule has 2 aromatic carbocycles. The summed E-state index contributed by atoms with van der Waals surface area (Å²) < 4.78 is 51.4. The van der Waals surface area contributed by atoms with E-state index in [1.165, 1.54) is 16.9 Å². The summed E-state index contributed by atoms with van der Waals surface area (Å²) in [7, 11) is 0. The van der Waals surface area contributed by atoms with Crippen molar-refractivity contribution in [2.45, 2.75) is 12.5 Å². The van der Waals surface area contributed by atoms with E-state index in [0.29, 0.717) is 55.3 Å². The van der Waals surface area contributed by atoms with Gasteiger partial charge in [-0.3, -0.25) is 21.3 Å². The molecular formula is C29H26F3N9O3. The van der Waals surface area contributed by atoms with Gasteiger partial charge in [0.1, 0.15) is 0 Å². The SMILES string of the molecule is N=C(NC1N=C(c2ccccc2)c2ccccc2N1O)OC(=N)c1cn(-c2ccc(C(F)(F)F)cn2)nc1N1CCOCC1. The number of para-hydroxylation sites is 1. The molecule has 0 radical (unpaired) electrons. The number of alkyl halides is 3. The second-order valence-corrected chi connectivity index (χ2v) is 9.80. The third-order valence-electron chi connectivity index (χ3n) is 6.96. The number of halogens is 3. The highest BCUT2D eigenvalue weighted by molar-refractivity contribution is 6.17. The molecular weight excluding hydrogens is 579 g/mol. The molecule has 4 heterocycles. The maximum atomic E-state index is 13.1. The van der Waals surface area contributed by atoms with Gasteiger partial charge in [0, 0.05) is 36.6 Å². The Balaban J connectivity index is 1.25. The van der Waals surface area contributed by atoms with Crippen LogP contribution in [0.1, 0.15) is 22.3 Å². The zero-order valence-corrected chi connectivity index (χ0v) is 23.0. The maximum Gasteiger partial charge on any atom is 0.417 e. The van der Waals surface area contributed by atoms with Crippen molar-refractivity contribution in [2.75, 3.05) is 36.3 Å². The van der Waals surface area contributed by atoms with Gasteiger partial charge < -0.3 is 14.4 Å². The van der Waals surface area contributed by atoms with Crippen molar-refractivity contribution in [1.29, 1.82) is 10.8 Å². The number of rotatable bonds is 5. The van der Waals surface area contributed by atoms with Crippen molar-refractivity contribution in [3.8, 4) is 5.82 Å². The van der Waals surface area contributed by atoms with E-state index in [1.54, 1.807) is 12.1 Å². The zero-order valence-electron chi connectivity index (χ0n) is 23.0. The third-order valence-corrected chi connectivity index (χ3v) is 6.96. The Morgan fingerprint density at radius 1 is 1.00 bits per heavy atom. The lowest BCUT2D eigenvalue weighted by Gasteiger charge is -2.32. The highest BCUT2D eigenvalue weighted by Crippen LogP contribution is 2.30.